The van der Waals surface area contributed by atoms with Gasteiger partial charge in [-0.2, -0.15) is 0 Å². The van der Waals surface area contributed by atoms with Gasteiger partial charge in [0.1, 0.15) is 0 Å². The Hall–Kier alpha value is -3.06. The van der Waals surface area contributed by atoms with Crippen molar-refractivity contribution in [2.75, 3.05) is 26.1 Å². The number of thiazole rings is 1. The monoisotopic (exact) mass is 397 g/mol. The molecule has 2 N–H and O–H groups in total. The second-order valence-electron chi connectivity index (χ2n) is 6.10. The first-order valence-corrected chi connectivity index (χ1v) is 9.80. The van der Waals surface area contributed by atoms with E-state index in [0.29, 0.717) is 24.5 Å². The van der Waals surface area contributed by atoms with Crippen molar-refractivity contribution in [2.24, 2.45) is 0 Å². The fraction of sp³-hybridized carbons (Fsp3) is 0.238. The number of methoxy groups -OCH3 is 2. The lowest BCUT2D eigenvalue weighted by atomic mass is 10.1. The van der Waals surface area contributed by atoms with Crippen molar-refractivity contribution in [3.8, 4) is 11.5 Å². The molecule has 0 radical (unpaired) electrons. The van der Waals surface area contributed by atoms with Crippen LogP contribution in [0.1, 0.15) is 11.3 Å². The molecule has 1 heterocycles. The van der Waals surface area contributed by atoms with Crippen LogP contribution in [0.2, 0.25) is 0 Å². The van der Waals surface area contributed by atoms with Crippen molar-refractivity contribution in [1.82, 2.24) is 10.3 Å². The molecule has 3 aromatic rings. The molecule has 0 saturated heterocycles. The highest BCUT2D eigenvalue weighted by molar-refractivity contribution is 7.13. The number of carbonyl (C=O) groups is 1. The average molecular weight is 398 g/mol. The van der Waals surface area contributed by atoms with Gasteiger partial charge in [0.2, 0.25) is 5.91 Å². The molecule has 0 aliphatic carbocycles. The minimum Gasteiger partial charge on any atom is -0.493 e. The van der Waals surface area contributed by atoms with Crippen molar-refractivity contribution >= 4 is 28.1 Å². The SMILES string of the molecule is COc1ccc(CCNC(=O)Cc2csc(Nc3ccccc3)n2)cc1OC. The quantitative estimate of drug-likeness (QED) is 0.575. The number of nitrogens with one attached hydrogen (secondary N) is 2. The molecule has 7 heteroatoms. The third-order valence-corrected chi connectivity index (χ3v) is 4.91. The van der Waals surface area contributed by atoms with E-state index in [9.17, 15) is 4.79 Å². The average Bonchev–Trinajstić information content (AvgIpc) is 3.15. The van der Waals surface area contributed by atoms with Gasteiger partial charge in [-0.05, 0) is 36.2 Å². The van der Waals surface area contributed by atoms with E-state index >= 15 is 0 Å². The predicted octanol–water partition coefficient (Wildman–Crippen LogP) is 3.81. The summed E-state index contributed by atoms with van der Waals surface area (Å²) in [5.41, 5.74) is 2.80. The third-order valence-electron chi connectivity index (χ3n) is 4.10. The molecule has 0 bridgehead atoms. The van der Waals surface area contributed by atoms with Gasteiger partial charge in [-0.15, -0.1) is 11.3 Å². The Kier molecular flexibility index (Phi) is 6.86. The fourth-order valence-corrected chi connectivity index (χ4v) is 3.43. The number of hydrogen-bond acceptors (Lipinski definition) is 6. The summed E-state index contributed by atoms with van der Waals surface area (Å²) in [4.78, 5) is 16.7. The van der Waals surface area contributed by atoms with Crippen LogP contribution in [0, 0.1) is 0 Å². The Balaban J connectivity index is 1.46. The topological polar surface area (TPSA) is 72.5 Å². The summed E-state index contributed by atoms with van der Waals surface area (Å²) in [5, 5.41) is 8.85. The lowest BCUT2D eigenvalue weighted by Crippen LogP contribution is -2.27. The third kappa shape index (κ3) is 5.47. The second-order valence-corrected chi connectivity index (χ2v) is 6.96. The fourth-order valence-electron chi connectivity index (χ4n) is 2.70. The lowest BCUT2D eigenvalue weighted by molar-refractivity contribution is -0.120. The Morgan fingerprint density at radius 3 is 2.61 bits per heavy atom. The van der Waals surface area contributed by atoms with E-state index < -0.39 is 0 Å². The Morgan fingerprint density at radius 2 is 1.86 bits per heavy atom. The van der Waals surface area contributed by atoms with Gasteiger partial charge >= 0.3 is 0 Å². The number of anilines is 2. The van der Waals surface area contributed by atoms with E-state index in [0.717, 1.165) is 22.1 Å². The number of amides is 1. The van der Waals surface area contributed by atoms with Crippen LogP contribution in [0.15, 0.2) is 53.9 Å². The van der Waals surface area contributed by atoms with Crippen molar-refractivity contribution in [1.29, 1.82) is 0 Å². The molecule has 0 aliphatic heterocycles. The maximum Gasteiger partial charge on any atom is 0.226 e. The maximum absolute atomic E-state index is 12.2. The number of rotatable bonds is 9. The van der Waals surface area contributed by atoms with Crippen LogP contribution in [0.25, 0.3) is 0 Å². The second kappa shape index (κ2) is 9.75. The van der Waals surface area contributed by atoms with E-state index in [-0.39, 0.29) is 12.3 Å². The molecule has 146 valence electrons. The van der Waals surface area contributed by atoms with Crippen molar-refractivity contribution in [3.63, 3.8) is 0 Å². The van der Waals surface area contributed by atoms with Gasteiger partial charge < -0.3 is 20.1 Å². The molecule has 0 aliphatic rings. The molecule has 0 unspecified atom stereocenters. The van der Waals surface area contributed by atoms with Gasteiger partial charge in [-0.25, -0.2) is 4.98 Å². The molecule has 1 amide bonds. The van der Waals surface area contributed by atoms with Gasteiger partial charge in [-0.1, -0.05) is 24.3 Å². The number of ether oxygens (including phenoxy) is 2. The molecular formula is C21H23N3O3S. The minimum absolute atomic E-state index is 0.0444. The molecule has 2 aromatic carbocycles. The summed E-state index contributed by atoms with van der Waals surface area (Å²) in [6.07, 6.45) is 0.975. The lowest BCUT2D eigenvalue weighted by Gasteiger charge is -2.10. The normalized spacial score (nSPS) is 10.4. The van der Waals surface area contributed by atoms with Crippen molar-refractivity contribution in [3.05, 3.63) is 65.2 Å². The first-order valence-electron chi connectivity index (χ1n) is 8.92. The number of hydrogen-bond donors (Lipinski definition) is 2. The Labute approximate surface area is 168 Å². The predicted molar refractivity (Wildman–Crippen MR) is 112 cm³/mol. The molecule has 0 atom stereocenters. The Morgan fingerprint density at radius 1 is 1.07 bits per heavy atom. The van der Waals surface area contributed by atoms with Crippen LogP contribution in [-0.4, -0.2) is 31.7 Å². The largest absolute Gasteiger partial charge is 0.493 e. The molecule has 28 heavy (non-hydrogen) atoms. The molecule has 0 fully saturated rings. The molecule has 0 spiro atoms. The highest BCUT2D eigenvalue weighted by atomic mass is 32.1. The summed E-state index contributed by atoms with van der Waals surface area (Å²) in [6, 6.07) is 15.6. The number of carbonyl (C=O) groups excluding carboxylic acids is 1. The Bertz CT molecular complexity index is 912. The maximum atomic E-state index is 12.2. The minimum atomic E-state index is -0.0444. The number of nitrogens with zero attached hydrogens (tertiary/aromatic N) is 1. The summed E-state index contributed by atoms with van der Waals surface area (Å²) in [5.74, 6) is 1.34. The van der Waals surface area contributed by atoms with E-state index in [1.807, 2.05) is 53.9 Å². The van der Waals surface area contributed by atoms with Crippen LogP contribution in [0.3, 0.4) is 0 Å². The van der Waals surface area contributed by atoms with Gasteiger partial charge in [0.15, 0.2) is 16.6 Å². The number of para-hydroxylation sites is 1. The highest BCUT2D eigenvalue weighted by Crippen LogP contribution is 2.27. The number of aromatic nitrogens is 1. The van der Waals surface area contributed by atoms with Crippen LogP contribution < -0.4 is 20.1 Å². The molecular weight excluding hydrogens is 374 g/mol. The van der Waals surface area contributed by atoms with Crippen LogP contribution in [-0.2, 0) is 17.6 Å². The van der Waals surface area contributed by atoms with Crippen LogP contribution in [0.5, 0.6) is 11.5 Å². The summed E-state index contributed by atoms with van der Waals surface area (Å²) in [7, 11) is 3.22. The van der Waals surface area contributed by atoms with Crippen LogP contribution in [0.4, 0.5) is 10.8 Å². The zero-order valence-electron chi connectivity index (χ0n) is 15.9. The van der Waals surface area contributed by atoms with Crippen molar-refractivity contribution < 1.29 is 14.3 Å². The van der Waals surface area contributed by atoms with E-state index in [4.69, 9.17) is 9.47 Å². The highest BCUT2D eigenvalue weighted by Gasteiger charge is 2.09. The smallest absolute Gasteiger partial charge is 0.226 e. The van der Waals surface area contributed by atoms with Gasteiger partial charge in [0, 0.05) is 17.6 Å². The standard InChI is InChI=1S/C21H23N3O3S/c1-26-18-9-8-15(12-19(18)27-2)10-11-22-20(25)13-17-14-28-21(24-17)23-16-6-4-3-5-7-16/h3-9,12,14H,10-11,13H2,1-2H3,(H,22,25)(H,23,24). The molecule has 1 aromatic heterocycles. The van der Waals surface area contributed by atoms with E-state index in [1.54, 1.807) is 14.2 Å². The van der Waals surface area contributed by atoms with Gasteiger partial charge in [0.05, 0.1) is 26.3 Å². The summed E-state index contributed by atoms with van der Waals surface area (Å²) >= 11 is 1.49. The van der Waals surface area contributed by atoms with Gasteiger partial charge in [0.25, 0.3) is 0 Å². The van der Waals surface area contributed by atoms with Crippen molar-refractivity contribution in [2.45, 2.75) is 12.8 Å². The first kappa shape index (κ1) is 19.7. The molecule has 6 nitrogen and oxygen atoms in total. The molecule has 3 rings (SSSR count). The zero-order valence-corrected chi connectivity index (χ0v) is 16.7. The summed E-state index contributed by atoms with van der Waals surface area (Å²) < 4.78 is 10.5. The van der Waals surface area contributed by atoms with E-state index in [2.05, 4.69) is 15.6 Å². The zero-order chi connectivity index (χ0) is 19.8. The first-order chi connectivity index (χ1) is 13.7. The van der Waals surface area contributed by atoms with E-state index in [1.165, 1.54) is 11.3 Å². The summed E-state index contributed by atoms with van der Waals surface area (Å²) in [6.45, 7) is 0.549. The van der Waals surface area contributed by atoms with Crippen LogP contribution >= 0.6 is 11.3 Å². The molecule has 0 saturated carbocycles. The number of benzene rings is 2. The van der Waals surface area contributed by atoms with Gasteiger partial charge in [-0.3, -0.25) is 4.79 Å².